The Morgan fingerprint density at radius 3 is 2.55 bits per heavy atom. The summed E-state index contributed by atoms with van der Waals surface area (Å²) in [6, 6.07) is 8.88. The van der Waals surface area contributed by atoms with Crippen molar-refractivity contribution in [2.75, 3.05) is 52.4 Å². The highest BCUT2D eigenvalue weighted by Crippen LogP contribution is 2.23. The summed E-state index contributed by atoms with van der Waals surface area (Å²) in [6.45, 7) is 11.7. The third-order valence-electron chi connectivity index (χ3n) is 6.72. The van der Waals surface area contributed by atoms with E-state index in [0.29, 0.717) is 12.0 Å². The molecule has 3 heterocycles. The van der Waals surface area contributed by atoms with Gasteiger partial charge >= 0.3 is 0 Å². The molecular weight excluding hydrogens is 521 g/mol. The fraction of sp³-hybridized carbons (Fsp3) is 0.625. The number of guanidine groups is 1. The standard InChI is InChI=1S/C24H36ClN5.HI/c1-2-26-24(30-16-11-22(19-30)29-12-5-6-13-29)27-17-20-9-14-28(15-10-20)18-21-7-3-4-8-23(21)25;/h3-8,20,22H,2,9-19H2,1H3,(H,26,27);1H. The number of likely N-dealkylation sites (tertiary alicyclic amines) is 2. The molecule has 0 radical (unpaired) electrons. The van der Waals surface area contributed by atoms with Gasteiger partial charge in [0.25, 0.3) is 0 Å². The molecule has 2 saturated heterocycles. The third-order valence-corrected chi connectivity index (χ3v) is 7.09. The normalized spacial score (nSPS) is 23.4. The summed E-state index contributed by atoms with van der Waals surface area (Å²) in [5.74, 6) is 1.80. The third kappa shape index (κ3) is 6.83. The average Bonchev–Trinajstić information content (AvgIpc) is 3.46. The number of piperidine rings is 1. The highest BCUT2D eigenvalue weighted by molar-refractivity contribution is 14.0. The Labute approximate surface area is 209 Å². The lowest BCUT2D eigenvalue weighted by Gasteiger charge is -2.32. The number of hydrogen-bond donors (Lipinski definition) is 1. The van der Waals surface area contributed by atoms with Crippen LogP contribution in [0.5, 0.6) is 0 Å². The number of halogens is 2. The van der Waals surface area contributed by atoms with Crippen LogP contribution in [0.2, 0.25) is 5.02 Å². The second-order valence-electron chi connectivity index (χ2n) is 8.82. The zero-order valence-electron chi connectivity index (χ0n) is 18.7. The van der Waals surface area contributed by atoms with Gasteiger partial charge in [0.2, 0.25) is 0 Å². The highest BCUT2D eigenvalue weighted by atomic mass is 127. The van der Waals surface area contributed by atoms with Crippen LogP contribution in [0.3, 0.4) is 0 Å². The molecule has 4 rings (SSSR count). The number of rotatable bonds is 6. The van der Waals surface area contributed by atoms with Crippen LogP contribution in [-0.2, 0) is 6.54 Å². The summed E-state index contributed by atoms with van der Waals surface area (Å²) in [5, 5.41) is 4.42. The van der Waals surface area contributed by atoms with E-state index in [0.717, 1.165) is 69.9 Å². The first kappa shape index (κ1) is 24.8. The van der Waals surface area contributed by atoms with Crippen molar-refractivity contribution in [3.8, 4) is 0 Å². The SMILES string of the molecule is CCNC(=NCC1CCN(Cc2ccccc2Cl)CC1)N1CCC(N2CC=CC2)C1.I. The van der Waals surface area contributed by atoms with Crippen LogP contribution in [0.4, 0.5) is 0 Å². The van der Waals surface area contributed by atoms with Gasteiger partial charge in [0.05, 0.1) is 0 Å². The van der Waals surface area contributed by atoms with E-state index in [2.05, 4.69) is 51.2 Å². The maximum atomic E-state index is 6.34. The van der Waals surface area contributed by atoms with Gasteiger partial charge in [0.1, 0.15) is 0 Å². The Hall–Kier alpha value is -0.830. The van der Waals surface area contributed by atoms with Crippen molar-refractivity contribution in [3.63, 3.8) is 0 Å². The molecule has 0 aliphatic carbocycles. The molecule has 0 spiro atoms. The molecule has 0 aromatic heterocycles. The first-order valence-electron chi connectivity index (χ1n) is 11.6. The van der Waals surface area contributed by atoms with E-state index in [9.17, 15) is 0 Å². The van der Waals surface area contributed by atoms with Crippen molar-refractivity contribution in [2.45, 2.75) is 38.8 Å². The van der Waals surface area contributed by atoms with E-state index < -0.39 is 0 Å². The van der Waals surface area contributed by atoms with Crippen LogP contribution in [-0.4, -0.2) is 79.1 Å². The molecule has 7 heteroatoms. The maximum absolute atomic E-state index is 6.34. The number of hydrogen-bond acceptors (Lipinski definition) is 3. The van der Waals surface area contributed by atoms with Gasteiger partial charge in [-0.15, -0.1) is 24.0 Å². The van der Waals surface area contributed by atoms with Gasteiger partial charge < -0.3 is 10.2 Å². The molecule has 31 heavy (non-hydrogen) atoms. The molecule has 2 fully saturated rings. The lowest BCUT2D eigenvalue weighted by molar-refractivity contribution is 0.180. The average molecular weight is 558 g/mol. The fourth-order valence-electron chi connectivity index (χ4n) is 4.86. The summed E-state index contributed by atoms with van der Waals surface area (Å²) in [6.07, 6.45) is 8.26. The summed E-state index contributed by atoms with van der Waals surface area (Å²) in [5.41, 5.74) is 1.24. The quantitative estimate of drug-likeness (QED) is 0.247. The van der Waals surface area contributed by atoms with Gasteiger partial charge in [0, 0.05) is 56.9 Å². The minimum absolute atomic E-state index is 0. The highest BCUT2D eigenvalue weighted by Gasteiger charge is 2.29. The van der Waals surface area contributed by atoms with Crippen molar-refractivity contribution in [1.82, 2.24) is 20.0 Å². The van der Waals surface area contributed by atoms with Crippen LogP contribution in [0, 0.1) is 5.92 Å². The number of nitrogens with one attached hydrogen (secondary N) is 1. The van der Waals surface area contributed by atoms with Gasteiger partial charge in [-0.2, -0.15) is 0 Å². The van der Waals surface area contributed by atoms with Gasteiger partial charge in [-0.1, -0.05) is 42.0 Å². The molecule has 3 aliphatic heterocycles. The predicted molar refractivity (Wildman–Crippen MR) is 142 cm³/mol. The second kappa shape index (κ2) is 12.4. The van der Waals surface area contributed by atoms with Crippen LogP contribution < -0.4 is 5.32 Å². The number of nitrogens with zero attached hydrogens (tertiary/aromatic N) is 4. The number of benzene rings is 1. The molecule has 0 amide bonds. The van der Waals surface area contributed by atoms with Crippen molar-refractivity contribution < 1.29 is 0 Å². The zero-order chi connectivity index (χ0) is 20.8. The summed E-state index contributed by atoms with van der Waals surface area (Å²) in [7, 11) is 0. The van der Waals surface area contributed by atoms with E-state index in [1.807, 2.05) is 12.1 Å². The molecule has 0 bridgehead atoms. The molecule has 1 atom stereocenters. The van der Waals surface area contributed by atoms with Crippen LogP contribution in [0.1, 0.15) is 31.7 Å². The maximum Gasteiger partial charge on any atom is 0.193 e. The van der Waals surface area contributed by atoms with Crippen molar-refractivity contribution in [3.05, 3.63) is 47.0 Å². The predicted octanol–water partition coefficient (Wildman–Crippen LogP) is 4.08. The molecule has 172 valence electrons. The minimum atomic E-state index is 0. The molecule has 1 N–H and O–H groups in total. The minimum Gasteiger partial charge on any atom is -0.357 e. The van der Waals surface area contributed by atoms with E-state index in [1.54, 1.807) is 0 Å². The Kier molecular flexibility index (Phi) is 9.94. The van der Waals surface area contributed by atoms with E-state index in [4.69, 9.17) is 16.6 Å². The van der Waals surface area contributed by atoms with Gasteiger partial charge in [0.15, 0.2) is 5.96 Å². The Bertz CT molecular complexity index is 739. The van der Waals surface area contributed by atoms with E-state index in [1.165, 1.54) is 24.8 Å². The van der Waals surface area contributed by atoms with Crippen LogP contribution >= 0.6 is 35.6 Å². The van der Waals surface area contributed by atoms with Crippen LogP contribution in [0.25, 0.3) is 0 Å². The lowest BCUT2D eigenvalue weighted by Crippen LogP contribution is -2.43. The van der Waals surface area contributed by atoms with Gasteiger partial charge in [-0.3, -0.25) is 14.8 Å². The van der Waals surface area contributed by atoms with Gasteiger partial charge in [-0.25, -0.2) is 0 Å². The monoisotopic (exact) mass is 557 g/mol. The van der Waals surface area contributed by atoms with Gasteiger partial charge in [-0.05, 0) is 56.8 Å². The summed E-state index contributed by atoms with van der Waals surface area (Å²) in [4.78, 5) is 12.6. The first-order chi connectivity index (χ1) is 14.7. The molecule has 0 saturated carbocycles. The van der Waals surface area contributed by atoms with E-state index in [-0.39, 0.29) is 24.0 Å². The molecule has 1 aromatic carbocycles. The second-order valence-corrected chi connectivity index (χ2v) is 9.23. The number of aliphatic imine (C=N–C) groups is 1. The Morgan fingerprint density at radius 2 is 1.84 bits per heavy atom. The topological polar surface area (TPSA) is 34.1 Å². The largest absolute Gasteiger partial charge is 0.357 e. The molecular formula is C24H37ClIN5. The molecule has 3 aliphatic rings. The first-order valence-corrected chi connectivity index (χ1v) is 12.0. The Morgan fingerprint density at radius 1 is 1.10 bits per heavy atom. The van der Waals surface area contributed by atoms with Crippen molar-refractivity contribution >= 4 is 41.5 Å². The summed E-state index contributed by atoms with van der Waals surface area (Å²) >= 11 is 6.34. The molecule has 1 unspecified atom stereocenters. The van der Waals surface area contributed by atoms with Crippen molar-refractivity contribution in [2.24, 2.45) is 10.9 Å². The lowest BCUT2D eigenvalue weighted by atomic mass is 9.96. The van der Waals surface area contributed by atoms with Crippen molar-refractivity contribution in [1.29, 1.82) is 0 Å². The Balaban J connectivity index is 0.00000272. The molecule has 5 nitrogen and oxygen atoms in total. The van der Waals surface area contributed by atoms with Crippen LogP contribution in [0.15, 0.2) is 41.4 Å². The fourth-order valence-corrected chi connectivity index (χ4v) is 5.06. The molecule has 1 aromatic rings. The smallest absolute Gasteiger partial charge is 0.193 e. The van der Waals surface area contributed by atoms with E-state index >= 15 is 0 Å². The zero-order valence-corrected chi connectivity index (χ0v) is 21.8. The summed E-state index contributed by atoms with van der Waals surface area (Å²) < 4.78 is 0.